The molecule has 1 N–H and O–H groups in total. The fourth-order valence-corrected chi connectivity index (χ4v) is 4.30. The molecule has 148 valence electrons. The third kappa shape index (κ3) is 4.09. The van der Waals surface area contributed by atoms with Crippen molar-refractivity contribution in [2.45, 2.75) is 40.7 Å². The highest BCUT2D eigenvalue weighted by atomic mass is 32.1. The van der Waals surface area contributed by atoms with Crippen LogP contribution in [0, 0.1) is 20.8 Å². The first-order valence-electron chi connectivity index (χ1n) is 9.26. The highest BCUT2D eigenvalue weighted by Crippen LogP contribution is 2.31. The fourth-order valence-electron chi connectivity index (χ4n) is 3.11. The maximum absolute atomic E-state index is 12.8. The van der Waals surface area contributed by atoms with Gasteiger partial charge in [0.25, 0.3) is 5.91 Å². The number of thiophene rings is 1. The summed E-state index contributed by atoms with van der Waals surface area (Å²) in [6.07, 6.45) is 0.929. The molecule has 0 atom stereocenters. The normalized spacial score (nSPS) is 10.9. The van der Waals surface area contributed by atoms with Crippen LogP contribution >= 0.6 is 11.3 Å². The summed E-state index contributed by atoms with van der Waals surface area (Å²) in [6.45, 7) is 8.86. The third-order valence-electron chi connectivity index (χ3n) is 4.43. The SMILES string of the molecule is CCCOc1ccc(CNC(=O)c2sc3nc(C)nc(C)c3c2C)cc1OC. The predicted molar refractivity (Wildman–Crippen MR) is 112 cm³/mol. The summed E-state index contributed by atoms with van der Waals surface area (Å²) < 4.78 is 11.1. The summed E-state index contributed by atoms with van der Waals surface area (Å²) in [7, 11) is 1.61. The smallest absolute Gasteiger partial charge is 0.261 e. The van der Waals surface area contributed by atoms with Crippen LogP contribution in [-0.2, 0) is 6.54 Å². The Labute approximate surface area is 168 Å². The Kier molecular flexibility index (Phi) is 6.14. The van der Waals surface area contributed by atoms with Gasteiger partial charge >= 0.3 is 0 Å². The lowest BCUT2D eigenvalue weighted by molar-refractivity contribution is 0.0954. The number of carbonyl (C=O) groups is 1. The second-order valence-electron chi connectivity index (χ2n) is 6.61. The van der Waals surface area contributed by atoms with Crippen molar-refractivity contribution in [2.24, 2.45) is 0 Å². The number of methoxy groups -OCH3 is 1. The van der Waals surface area contributed by atoms with Crippen LogP contribution < -0.4 is 14.8 Å². The number of ether oxygens (including phenoxy) is 2. The highest BCUT2D eigenvalue weighted by molar-refractivity contribution is 7.20. The van der Waals surface area contributed by atoms with Gasteiger partial charge in [0.2, 0.25) is 0 Å². The fraction of sp³-hybridized carbons (Fsp3) is 0.381. The Hall–Kier alpha value is -2.67. The molecule has 1 amide bonds. The first kappa shape index (κ1) is 20.1. The second-order valence-corrected chi connectivity index (χ2v) is 7.61. The van der Waals surface area contributed by atoms with E-state index < -0.39 is 0 Å². The van der Waals surface area contributed by atoms with Crippen molar-refractivity contribution in [3.8, 4) is 11.5 Å². The zero-order valence-electron chi connectivity index (χ0n) is 16.9. The minimum atomic E-state index is -0.108. The first-order chi connectivity index (χ1) is 13.4. The Bertz CT molecular complexity index is 1010. The lowest BCUT2D eigenvalue weighted by Crippen LogP contribution is -2.22. The number of carbonyl (C=O) groups excluding carboxylic acids is 1. The Morgan fingerprint density at radius 2 is 1.96 bits per heavy atom. The molecule has 3 rings (SSSR count). The maximum Gasteiger partial charge on any atom is 0.261 e. The van der Waals surface area contributed by atoms with E-state index in [1.54, 1.807) is 7.11 Å². The van der Waals surface area contributed by atoms with Gasteiger partial charge in [0, 0.05) is 17.6 Å². The van der Waals surface area contributed by atoms with Crippen molar-refractivity contribution in [1.29, 1.82) is 0 Å². The molecule has 0 fully saturated rings. The van der Waals surface area contributed by atoms with Crippen LogP contribution in [-0.4, -0.2) is 29.6 Å². The highest BCUT2D eigenvalue weighted by Gasteiger charge is 2.18. The van der Waals surface area contributed by atoms with Gasteiger partial charge in [0.1, 0.15) is 10.7 Å². The van der Waals surface area contributed by atoms with Crippen molar-refractivity contribution >= 4 is 27.5 Å². The van der Waals surface area contributed by atoms with E-state index in [1.807, 2.05) is 39.0 Å². The quantitative estimate of drug-likeness (QED) is 0.640. The molecule has 0 aliphatic carbocycles. The second kappa shape index (κ2) is 8.56. The number of hydrogen-bond donors (Lipinski definition) is 1. The van der Waals surface area contributed by atoms with E-state index in [2.05, 4.69) is 22.2 Å². The van der Waals surface area contributed by atoms with Crippen LogP contribution in [0.3, 0.4) is 0 Å². The van der Waals surface area contributed by atoms with Gasteiger partial charge in [-0.05, 0) is 50.5 Å². The summed E-state index contributed by atoms with van der Waals surface area (Å²) in [6, 6.07) is 5.70. The lowest BCUT2D eigenvalue weighted by atomic mass is 10.1. The molecule has 0 radical (unpaired) electrons. The molecule has 0 saturated heterocycles. The van der Waals surface area contributed by atoms with Gasteiger partial charge in [0.05, 0.1) is 18.6 Å². The molecule has 1 aromatic carbocycles. The topological polar surface area (TPSA) is 73.3 Å². The summed E-state index contributed by atoms with van der Waals surface area (Å²) in [4.78, 5) is 23.2. The molecular weight excluding hydrogens is 374 g/mol. The van der Waals surface area contributed by atoms with E-state index in [0.29, 0.717) is 29.5 Å². The molecular formula is C21H25N3O3S. The first-order valence-corrected chi connectivity index (χ1v) is 10.1. The molecule has 0 aliphatic heterocycles. The molecule has 6 nitrogen and oxygen atoms in total. The van der Waals surface area contributed by atoms with Crippen LogP contribution in [0.15, 0.2) is 18.2 Å². The van der Waals surface area contributed by atoms with Crippen LogP contribution in [0.5, 0.6) is 11.5 Å². The summed E-state index contributed by atoms with van der Waals surface area (Å²) >= 11 is 1.41. The zero-order chi connectivity index (χ0) is 20.3. The number of amides is 1. The number of rotatable bonds is 7. The molecule has 7 heteroatoms. The van der Waals surface area contributed by atoms with E-state index in [9.17, 15) is 4.79 Å². The van der Waals surface area contributed by atoms with Gasteiger partial charge in [-0.1, -0.05) is 13.0 Å². The van der Waals surface area contributed by atoms with Crippen molar-refractivity contribution in [3.63, 3.8) is 0 Å². The molecule has 0 spiro atoms. The Balaban J connectivity index is 1.76. The standard InChI is InChI=1S/C21H25N3O3S/c1-6-9-27-16-8-7-15(10-17(16)26-5)11-22-20(25)19-12(2)18-13(3)23-14(4)24-21(18)28-19/h7-8,10H,6,9,11H2,1-5H3,(H,22,25). The van der Waals surface area contributed by atoms with E-state index >= 15 is 0 Å². The monoisotopic (exact) mass is 399 g/mol. The average Bonchev–Trinajstić information content (AvgIpc) is 3.01. The molecule has 2 heterocycles. The molecule has 3 aromatic rings. The minimum Gasteiger partial charge on any atom is -0.493 e. The summed E-state index contributed by atoms with van der Waals surface area (Å²) in [5.41, 5.74) is 2.78. The molecule has 0 aliphatic rings. The summed E-state index contributed by atoms with van der Waals surface area (Å²) in [5, 5.41) is 3.96. The number of fused-ring (bicyclic) bond motifs is 1. The zero-order valence-corrected chi connectivity index (χ0v) is 17.7. The summed E-state index contributed by atoms with van der Waals surface area (Å²) in [5.74, 6) is 1.99. The van der Waals surface area contributed by atoms with Crippen molar-refractivity contribution < 1.29 is 14.3 Å². The van der Waals surface area contributed by atoms with Gasteiger partial charge in [0.15, 0.2) is 11.5 Å². The Morgan fingerprint density at radius 3 is 2.68 bits per heavy atom. The van der Waals surface area contributed by atoms with E-state index in [1.165, 1.54) is 11.3 Å². The van der Waals surface area contributed by atoms with E-state index in [4.69, 9.17) is 9.47 Å². The molecule has 0 saturated carbocycles. The number of aryl methyl sites for hydroxylation is 3. The van der Waals surface area contributed by atoms with Crippen LogP contribution in [0.25, 0.3) is 10.2 Å². The van der Waals surface area contributed by atoms with E-state index in [-0.39, 0.29) is 5.91 Å². The third-order valence-corrected chi connectivity index (χ3v) is 5.62. The molecule has 2 aromatic heterocycles. The van der Waals surface area contributed by atoms with E-state index in [0.717, 1.165) is 39.3 Å². The predicted octanol–water partition coefficient (Wildman–Crippen LogP) is 4.34. The Morgan fingerprint density at radius 1 is 1.18 bits per heavy atom. The average molecular weight is 400 g/mol. The van der Waals surface area contributed by atoms with Crippen molar-refractivity contribution in [1.82, 2.24) is 15.3 Å². The number of aromatic nitrogens is 2. The lowest BCUT2D eigenvalue weighted by Gasteiger charge is -2.12. The number of hydrogen-bond acceptors (Lipinski definition) is 6. The van der Waals surface area contributed by atoms with Crippen LogP contribution in [0.2, 0.25) is 0 Å². The molecule has 0 bridgehead atoms. The molecule has 28 heavy (non-hydrogen) atoms. The van der Waals surface area contributed by atoms with Gasteiger partial charge in [-0.2, -0.15) is 0 Å². The molecule has 0 unspecified atom stereocenters. The number of nitrogens with zero attached hydrogens (tertiary/aromatic N) is 2. The van der Waals surface area contributed by atoms with Crippen molar-refractivity contribution in [2.75, 3.05) is 13.7 Å². The number of nitrogens with one attached hydrogen (secondary N) is 1. The van der Waals surface area contributed by atoms with Crippen LogP contribution in [0.4, 0.5) is 0 Å². The van der Waals surface area contributed by atoms with Gasteiger partial charge < -0.3 is 14.8 Å². The van der Waals surface area contributed by atoms with Crippen molar-refractivity contribution in [3.05, 3.63) is 45.7 Å². The van der Waals surface area contributed by atoms with Crippen LogP contribution in [0.1, 0.15) is 45.7 Å². The minimum absolute atomic E-state index is 0.108. The van der Waals surface area contributed by atoms with Gasteiger partial charge in [-0.15, -0.1) is 11.3 Å². The number of benzene rings is 1. The maximum atomic E-state index is 12.8. The van der Waals surface area contributed by atoms with Gasteiger partial charge in [-0.25, -0.2) is 9.97 Å². The largest absolute Gasteiger partial charge is 0.493 e. The van der Waals surface area contributed by atoms with Gasteiger partial charge in [-0.3, -0.25) is 4.79 Å².